The maximum Gasteiger partial charge on any atom is 0.247 e. The molecule has 4 unspecified atom stereocenters. The van der Waals surface area contributed by atoms with Crippen molar-refractivity contribution in [1.82, 2.24) is 0 Å². The van der Waals surface area contributed by atoms with Gasteiger partial charge in [0, 0.05) is 6.61 Å². The first-order valence-corrected chi connectivity index (χ1v) is 10.2. The van der Waals surface area contributed by atoms with Gasteiger partial charge in [0.15, 0.2) is 0 Å². The maximum atomic E-state index is 14.1. The Morgan fingerprint density at radius 2 is 1.44 bits per heavy atom. The molecule has 1 nitrogen and oxygen atoms in total. The molecule has 0 radical (unpaired) electrons. The molecule has 0 aromatic rings. The molecule has 0 aromatic carbocycles. The number of alkyl halides is 4. The highest BCUT2D eigenvalue weighted by molar-refractivity contribution is 4.92. The van der Waals surface area contributed by atoms with Gasteiger partial charge in [0.25, 0.3) is 0 Å². The molecule has 3 rings (SSSR count). The van der Waals surface area contributed by atoms with E-state index in [0.717, 1.165) is 38.7 Å². The summed E-state index contributed by atoms with van der Waals surface area (Å²) in [4.78, 5) is 0. The molecule has 146 valence electrons. The number of hydrogen-bond donors (Lipinski definition) is 0. The highest BCUT2D eigenvalue weighted by Gasteiger charge is 2.46. The first-order valence-electron chi connectivity index (χ1n) is 10.2. The highest BCUT2D eigenvalue weighted by Crippen LogP contribution is 2.46. The van der Waals surface area contributed by atoms with Gasteiger partial charge in [-0.1, -0.05) is 13.3 Å². The topological polar surface area (TPSA) is 9.23 Å². The molecule has 0 spiro atoms. The number of ether oxygens (including phenoxy) is 1. The average molecular weight is 364 g/mol. The average Bonchev–Trinajstić information content (AvgIpc) is 2.61. The quantitative estimate of drug-likeness (QED) is 0.559. The molecule has 0 bridgehead atoms. The van der Waals surface area contributed by atoms with Crippen LogP contribution in [-0.4, -0.2) is 31.5 Å². The summed E-state index contributed by atoms with van der Waals surface area (Å²) < 4.78 is 59.8. The van der Waals surface area contributed by atoms with Crippen molar-refractivity contribution in [2.24, 2.45) is 29.6 Å². The zero-order valence-corrected chi connectivity index (χ0v) is 15.2. The smallest absolute Gasteiger partial charge is 0.247 e. The lowest BCUT2D eigenvalue weighted by atomic mass is 9.67. The van der Waals surface area contributed by atoms with E-state index in [1.165, 1.54) is 12.8 Å². The molecule has 1 saturated heterocycles. The fourth-order valence-corrected chi connectivity index (χ4v) is 5.42. The van der Waals surface area contributed by atoms with Gasteiger partial charge in [-0.25, -0.2) is 17.6 Å². The van der Waals surface area contributed by atoms with Gasteiger partial charge in [-0.3, -0.25) is 0 Å². The van der Waals surface area contributed by atoms with E-state index in [4.69, 9.17) is 4.74 Å². The summed E-state index contributed by atoms with van der Waals surface area (Å²) in [6, 6.07) is 0. The molecule has 3 aliphatic rings. The Morgan fingerprint density at radius 1 is 0.840 bits per heavy atom. The summed E-state index contributed by atoms with van der Waals surface area (Å²) >= 11 is 0. The Kier molecular flexibility index (Phi) is 6.67. The number of rotatable bonds is 4. The van der Waals surface area contributed by atoms with E-state index in [0.29, 0.717) is 23.9 Å². The van der Waals surface area contributed by atoms with Crippen LogP contribution in [0.4, 0.5) is 17.6 Å². The summed E-state index contributed by atoms with van der Waals surface area (Å²) in [7, 11) is 0. The highest BCUT2D eigenvalue weighted by atomic mass is 19.3. The second kappa shape index (κ2) is 8.58. The van der Waals surface area contributed by atoms with Crippen LogP contribution in [0.3, 0.4) is 0 Å². The van der Waals surface area contributed by atoms with Crippen molar-refractivity contribution in [2.45, 2.75) is 89.6 Å². The lowest BCUT2D eigenvalue weighted by molar-refractivity contribution is -0.0755. The third-order valence-electron chi connectivity index (χ3n) is 7.17. The molecule has 0 N–H and O–H groups in total. The van der Waals surface area contributed by atoms with Crippen molar-refractivity contribution in [2.75, 3.05) is 6.61 Å². The van der Waals surface area contributed by atoms with Crippen molar-refractivity contribution < 1.29 is 22.3 Å². The van der Waals surface area contributed by atoms with Gasteiger partial charge < -0.3 is 4.74 Å². The van der Waals surface area contributed by atoms with E-state index in [2.05, 4.69) is 6.92 Å². The first kappa shape index (κ1) is 19.4. The molecule has 0 aromatic heterocycles. The minimum Gasteiger partial charge on any atom is -0.378 e. The monoisotopic (exact) mass is 364 g/mol. The lowest BCUT2D eigenvalue weighted by Crippen LogP contribution is -2.42. The molecule has 3 fully saturated rings. The zero-order valence-electron chi connectivity index (χ0n) is 15.2. The normalized spacial score (nSPS) is 46.3. The second-order valence-corrected chi connectivity index (χ2v) is 8.57. The summed E-state index contributed by atoms with van der Waals surface area (Å²) in [6.45, 7) is 3.07. The third kappa shape index (κ3) is 4.51. The third-order valence-corrected chi connectivity index (χ3v) is 7.17. The number of hydrogen-bond acceptors (Lipinski definition) is 1. The Balaban J connectivity index is 1.46. The van der Waals surface area contributed by atoms with Gasteiger partial charge in [0.1, 0.15) is 12.3 Å². The van der Waals surface area contributed by atoms with E-state index in [1.807, 2.05) is 0 Å². The Labute approximate surface area is 148 Å². The summed E-state index contributed by atoms with van der Waals surface area (Å²) in [5.74, 6) is -0.236. The van der Waals surface area contributed by atoms with E-state index >= 15 is 0 Å². The van der Waals surface area contributed by atoms with Crippen LogP contribution in [0.15, 0.2) is 0 Å². The van der Waals surface area contributed by atoms with E-state index < -0.39 is 24.7 Å². The molecule has 2 aliphatic carbocycles. The van der Waals surface area contributed by atoms with Crippen molar-refractivity contribution >= 4 is 0 Å². The standard InChI is InChI=1S/C20H32F4O/c1-2-12-3-8-18(25-11-12)14-6-4-13(5-7-14)15-9-16(21)19(20(23)24)17(22)10-15/h12-20H,2-11H2,1H3. The van der Waals surface area contributed by atoms with Gasteiger partial charge >= 0.3 is 0 Å². The van der Waals surface area contributed by atoms with E-state index in [9.17, 15) is 17.6 Å². The Bertz CT molecular complexity index is 391. The van der Waals surface area contributed by atoms with Crippen molar-refractivity contribution in [3.63, 3.8) is 0 Å². The van der Waals surface area contributed by atoms with Crippen LogP contribution in [0.2, 0.25) is 0 Å². The van der Waals surface area contributed by atoms with Crippen molar-refractivity contribution in [3.8, 4) is 0 Å². The summed E-state index contributed by atoms with van der Waals surface area (Å²) in [5.41, 5.74) is 0. The van der Waals surface area contributed by atoms with Crippen LogP contribution in [0.1, 0.15) is 64.7 Å². The summed E-state index contributed by atoms with van der Waals surface area (Å²) in [6.07, 6.45) is 1.87. The van der Waals surface area contributed by atoms with Gasteiger partial charge in [-0.05, 0) is 75.0 Å². The number of halogens is 4. The molecule has 25 heavy (non-hydrogen) atoms. The van der Waals surface area contributed by atoms with Crippen LogP contribution in [0.5, 0.6) is 0 Å². The first-order chi connectivity index (χ1) is 12.0. The van der Waals surface area contributed by atoms with Gasteiger partial charge in [-0.15, -0.1) is 0 Å². The minimum atomic E-state index is -2.89. The predicted octanol–water partition coefficient (Wildman–Crippen LogP) is 5.97. The van der Waals surface area contributed by atoms with Crippen LogP contribution in [0, 0.1) is 29.6 Å². The van der Waals surface area contributed by atoms with E-state index in [1.54, 1.807) is 0 Å². The van der Waals surface area contributed by atoms with Crippen LogP contribution >= 0.6 is 0 Å². The molecule has 1 aliphatic heterocycles. The molecule has 4 atom stereocenters. The Morgan fingerprint density at radius 3 is 1.92 bits per heavy atom. The molecule has 1 heterocycles. The summed E-state index contributed by atoms with van der Waals surface area (Å²) in [5, 5.41) is 0. The van der Waals surface area contributed by atoms with Crippen LogP contribution in [-0.2, 0) is 4.74 Å². The molecular formula is C20H32F4O. The fraction of sp³-hybridized carbons (Fsp3) is 1.00. The van der Waals surface area contributed by atoms with E-state index in [-0.39, 0.29) is 18.8 Å². The second-order valence-electron chi connectivity index (χ2n) is 8.57. The van der Waals surface area contributed by atoms with Gasteiger partial charge in [-0.2, -0.15) is 0 Å². The van der Waals surface area contributed by atoms with Crippen LogP contribution in [0.25, 0.3) is 0 Å². The predicted molar refractivity (Wildman–Crippen MR) is 90.2 cm³/mol. The minimum absolute atomic E-state index is 0.0716. The van der Waals surface area contributed by atoms with Crippen molar-refractivity contribution in [1.29, 1.82) is 0 Å². The maximum absolute atomic E-state index is 14.1. The zero-order chi connectivity index (χ0) is 18.0. The largest absolute Gasteiger partial charge is 0.378 e. The molecule has 2 saturated carbocycles. The Hall–Kier alpha value is -0.320. The van der Waals surface area contributed by atoms with Crippen LogP contribution < -0.4 is 0 Å². The van der Waals surface area contributed by atoms with Gasteiger partial charge in [0.2, 0.25) is 6.43 Å². The SMILES string of the molecule is CCC1CCC(C2CCC(C3CC(F)C(C(F)F)C(F)C3)CC2)OC1. The molecular weight excluding hydrogens is 332 g/mol. The van der Waals surface area contributed by atoms with Crippen molar-refractivity contribution in [3.05, 3.63) is 0 Å². The van der Waals surface area contributed by atoms with Gasteiger partial charge in [0.05, 0.1) is 12.0 Å². The molecule has 0 amide bonds. The molecule has 5 heteroatoms. The fourth-order valence-electron chi connectivity index (χ4n) is 5.42. The lowest BCUT2D eigenvalue weighted by Gasteiger charge is -2.42.